The molecule has 0 aliphatic carbocycles. The van der Waals surface area contributed by atoms with E-state index in [9.17, 15) is 14.9 Å². The summed E-state index contributed by atoms with van der Waals surface area (Å²) >= 11 is 0. The highest BCUT2D eigenvalue weighted by Gasteiger charge is 2.32. The Bertz CT molecular complexity index is 1050. The minimum atomic E-state index is -1.52. The van der Waals surface area contributed by atoms with E-state index in [0.717, 1.165) is 16.5 Å². The standard InChI is InChI=1S/C20H17N3O3/c1-11-7-8-12(2)18-16(11)13(3)19(26-18)17(24)14(10-21)20(25)23-15-6-4-5-9-22-15/h4-9,14H,1-3H3,(H,22,23,25)/t14-/m1/s1. The van der Waals surface area contributed by atoms with Crippen molar-refractivity contribution in [1.29, 1.82) is 5.26 Å². The van der Waals surface area contributed by atoms with Crippen LogP contribution in [0.2, 0.25) is 0 Å². The number of Topliss-reactive ketones (excluding diaryl/α,β-unsaturated/α-hetero) is 1. The van der Waals surface area contributed by atoms with Gasteiger partial charge in [0, 0.05) is 17.1 Å². The van der Waals surface area contributed by atoms with E-state index in [1.165, 1.54) is 6.20 Å². The number of aryl methyl sites for hydroxylation is 3. The number of ketones is 1. The Morgan fingerprint density at radius 3 is 2.50 bits per heavy atom. The van der Waals surface area contributed by atoms with Crippen LogP contribution in [-0.4, -0.2) is 16.7 Å². The number of anilines is 1. The summed E-state index contributed by atoms with van der Waals surface area (Å²) in [6.07, 6.45) is 1.51. The third kappa shape index (κ3) is 2.95. The number of aromatic nitrogens is 1. The zero-order valence-corrected chi connectivity index (χ0v) is 14.7. The molecule has 1 amide bonds. The third-order valence-electron chi connectivity index (χ3n) is 4.28. The zero-order valence-electron chi connectivity index (χ0n) is 14.7. The molecule has 0 saturated heterocycles. The molecule has 1 aromatic carbocycles. The predicted octanol–water partition coefficient (Wildman–Crippen LogP) is 3.71. The third-order valence-corrected chi connectivity index (χ3v) is 4.28. The van der Waals surface area contributed by atoms with E-state index >= 15 is 0 Å². The van der Waals surface area contributed by atoms with Crippen molar-refractivity contribution < 1.29 is 14.0 Å². The highest BCUT2D eigenvalue weighted by molar-refractivity contribution is 6.16. The van der Waals surface area contributed by atoms with Gasteiger partial charge in [0.2, 0.25) is 5.78 Å². The van der Waals surface area contributed by atoms with Gasteiger partial charge in [-0.15, -0.1) is 0 Å². The topological polar surface area (TPSA) is 96.0 Å². The van der Waals surface area contributed by atoms with Gasteiger partial charge in [0.15, 0.2) is 11.7 Å². The molecule has 6 heteroatoms. The molecule has 26 heavy (non-hydrogen) atoms. The van der Waals surface area contributed by atoms with Crippen molar-refractivity contribution in [2.75, 3.05) is 5.32 Å². The fraction of sp³-hybridized carbons (Fsp3) is 0.200. The zero-order chi connectivity index (χ0) is 18.8. The Balaban J connectivity index is 1.97. The largest absolute Gasteiger partial charge is 0.452 e. The second-order valence-electron chi connectivity index (χ2n) is 6.09. The molecule has 1 atom stereocenters. The number of carbonyl (C=O) groups excluding carboxylic acids is 2. The second-order valence-corrected chi connectivity index (χ2v) is 6.09. The summed E-state index contributed by atoms with van der Waals surface area (Å²) in [6.45, 7) is 5.57. The van der Waals surface area contributed by atoms with E-state index < -0.39 is 17.6 Å². The number of hydrogen-bond donors (Lipinski definition) is 1. The van der Waals surface area contributed by atoms with Gasteiger partial charge in [0.1, 0.15) is 11.4 Å². The fourth-order valence-electron chi connectivity index (χ4n) is 2.91. The molecule has 1 N–H and O–H groups in total. The van der Waals surface area contributed by atoms with Crippen molar-refractivity contribution in [2.45, 2.75) is 20.8 Å². The van der Waals surface area contributed by atoms with Crippen molar-refractivity contribution >= 4 is 28.5 Å². The quantitative estimate of drug-likeness (QED) is 0.573. The number of nitriles is 1. The molecule has 2 heterocycles. The number of rotatable bonds is 4. The number of benzene rings is 1. The van der Waals surface area contributed by atoms with Gasteiger partial charge >= 0.3 is 0 Å². The molecule has 0 aliphatic rings. The molecule has 6 nitrogen and oxygen atoms in total. The van der Waals surface area contributed by atoms with Gasteiger partial charge in [-0.25, -0.2) is 4.98 Å². The van der Waals surface area contributed by atoms with E-state index in [2.05, 4.69) is 10.3 Å². The Morgan fingerprint density at radius 2 is 1.88 bits per heavy atom. The number of carbonyl (C=O) groups is 2. The maximum atomic E-state index is 12.8. The smallest absolute Gasteiger partial charge is 0.251 e. The number of hydrogen-bond acceptors (Lipinski definition) is 5. The minimum absolute atomic E-state index is 0.0418. The van der Waals surface area contributed by atoms with Crippen molar-refractivity contribution in [3.8, 4) is 6.07 Å². The van der Waals surface area contributed by atoms with Crippen LogP contribution in [0.1, 0.15) is 27.2 Å². The average molecular weight is 347 g/mol. The summed E-state index contributed by atoms with van der Waals surface area (Å²) in [6, 6.07) is 10.6. The minimum Gasteiger partial charge on any atom is -0.452 e. The molecular formula is C20H17N3O3. The lowest BCUT2D eigenvalue weighted by molar-refractivity contribution is -0.117. The lowest BCUT2D eigenvalue weighted by Gasteiger charge is -2.08. The van der Waals surface area contributed by atoms with Crippen molar-refractivity contribution in [2.24, 2.45) is 5.92 Å². The molecule has 3 aromatic rings. The van der Waals surface area contributed by atoms with Gasteiger partial charge in [0.05, 0.1) is 6.07 Å². The molecule has 0 aliphatic heterocycles. The van der Waals surface area contributed by atoms with Crippen LogP contribution < -0.4 is 5.32 Å². The van der Waals surface area contributed by atoms with E-state index in [0.29, 0.717) is 11.1 Å². The molecule has 130 valence electrons. The summed E-state index contributed by atoms with van der Waals surface area (Å²) in [4.78, 5) is 29.2. The number of nitrogens with one attached hydrogen (secondary N) is 1. The normalized spacial score (nSPS) is 11.8. The Hall–Kier alpha value is -3.46. The van der Waals surface area contributed by atoms with E-state index in [1.807, 2.05) is 26.0 Å². The Kier molecular flexibility index (Phi) is 4.55. The maximum absolute atomic E-state index is 12.8. The SMILES string of the molecule is Cc1ccc(C)c2c(C)c(C(=O)[C@@H](C#N)C(=O)Nc3ccccn3)oc12. The first-order chi connectivity index (χ1) is 12.4. The van der Waals surface area contributed by atoms with Crippen molar-refractivity contribution in [1.82, 2.24) is 4.98 Å². The van der Waals surface area contributed by atoms with E-state index in [1.54, 1.807) is 31.2 Å². The van der Waals surface area contributed by atoms with Gasteiger partial charge < -0.3 is 9.73 Å². The maximum Gasteiger partial charge on any atom is 0.251 e. The van der Waals surface area contributed by atoms with Gasteiger partial charge in [-0.1, -0.05) is 18.2 Å². The summed E-state index contributed by atoms with van der Waals surface area (Å²) < 4.78 is 5.76. The number of pyridine rings is 1. The van der Waals surface area contributed by atoms with Crippen LogP contribution in [0.5, 0.6) is 0 Å². The summed E-state index contributed by atoms with van der Waals surface area (Å²) in [5, 5.41) is 12.7. The van der Waals surface area contributed by atoms with Gasteiger partial charge in [-0.3, -0.25) is 9.59 Å². The molecule has 2 aromatic heterocycles. The van der Waals surface area contributed by atoms with Crippen LogP contribution in [0.3, 0.4) is 0 Å². The van der Waals surface area contributed by atoms with Gasteiger partial charge in [0.25, 0.3) is 5.91 Å². The lowest BCUT2D eigenvalue weighted by Crippen LogP contribution is -2.29. The summed E-state index contributed by atoms with van der Waals surface area (Å²) in [7, 11) is 0. The van der Waals surface area contributed by atoms with Gasteiger partial charge in [-0.2, -0.15) is 5.26 Å². The lowest BCUT2D eigenvalue weighted by atomic mass is 9.98. The predicted molar refractivity (Wildman–Crippen MR) is 96.7 cm³/mol. The molecule has 0 radical (unpaired) electrons. The fourth-order valence-corrected chi connectivity index (χ4v) is 2.91. The van der Waals surface area contributed by atoms with Crippen LogP contribution in [0.15, 0.2) is 40.9 Å². The number of furan rings is 1. The number of amides is 1. The molecule has 0 bridgehead atoms. The Labute approximate surface area is 150 Å². The van der Waals surface area contributed by atoms with E-state index in [4.69, 9.17) is 4.42 Å². The number of nitrogens with zero attached hydrogens (tertiary/aromatic N) is 2. The first kappa shape index (κ1) is 17.4. The first-order valence-corrected chi connectivity index (χ1v) is 8.09. The highest BCUT2D eigenvalue weighted by Crippen LogP contribution is 2.32. The molecule has 0 saturated carbocycles. The summed E-state index contributed by atoms with van der Waals surface area (Å²) in [5.41, 5.74) is 3.10. The molecule has 0 fully saturated rings. The first-order valence-electron chi connectivity index (χ1n) is 8.09. The van der Waals surface area contributed by atoms with Crippen LogP contribution in [0.25, 0.3) is 11.0 Å². The monoisotopic (exact) mass is 347 g/mol. The molecule has 0 spiro atoms. The molecule has 3 rings (SSSR count). The molecule has 0 unspecified atom stereocenters. The van der Waals surface area contributed by atoms with Crippen LogP contribution in [-0.2, 0) is 4.79 Å². The van der Waals surface area contributed by atoms with Crippen LogP contribution in [0.4, 0.5) is 5.82 Å². The van der Waals surface area contributed by atoms with Crippen molar-refractivity contribution in [3.05, 3.63) is 59.0 Å². The van der Waals surface area contributed by atoms with Crippen molar-refractivity contribution in [3.63, 3.8) is 0 Å². The highest BCUT2D eigenvalue weighted by atomic mass is 16.3. The van der Waals surface area contributed by atoms with Crippen LogP contribution in [0, 0.1) is 38.0 Å². The summed E-state index contributed by atoms with van der Waals surface area (Å²) in [5.74, 6) is -2.59. The average Bonchev–Trinajstić information content (AvgIpc) is 2.98. The van der Waals surface area contributed by atoms with Crippen LogP contribution >= 0.6 is 0 Å². The Morgan fingerprint density at radius 1 is 1.15 bits per heavy atom. The second kappa shape index (κ2) is 6.81. The molecular weight excluding hydrogens is 330 g/mol. The van der Waals surface area contributed by atoms with Gasteiger partial charge in [-0.05, 0) is 44.0 Å². The number of fused-ring (bicyclic) bond motifs is 1. The van der Waals surface area contributed by atoms with E-state index in [-0.39, 0.29) is 11.6 Å².